The average Bonchev–Trinajstić information content (AvgIpc) is 1.65. The molecule has 0 aliphatic heterocycles. The summed E-state index contributed by atoms with van der Waals surface area (Å²) in [4.78, 5) is 1.92. The van der Waals surface area contributed by atoms with E-state index in [0.717, 1.165) is 4.32 Å². The summed E-state index contributed by atoms with van der Waals surface area (Å²) in [5.41, 5.74) is 0. The van der Waals surface area contributed by atoms with Crippen molar-refractivity contribution in [2.45, 2.75) is 7.43 Å². The summed E-state index contributed by atoms with van der Waals surface area (Å²) in [6, 6.07) is 0. The van der Waals surface area contributed by atoms with Crippen LogP contribution in [0.3, 0.4) is 0 Å². The van der Waals surface area contributed by atoms with Gasteiger partial charge in [0.05, 0.1) is 0 Å². The molecule has 0 rings (SSSR count). The molecular weight excluding hydrogens is 138 g/mol. The first-order chi connectivity index (χ1) is 3.18. The molecule has 0 spiro atoms. The molecule has 0 aliphatic carbocycles. The van der Waals surface area contributed by atoms with E-state index in [1.54, 1.807) is 11.8 Å². The highest BCUT2D eigenvalue weighted by molar-refractivity contribution is 8.22. The Hall–Kier alpha value is 0.240. The topological polar surface area (TPSA) is 3.24 Å². The van der Waals surface area contributed by atoms with Gasteiger partial charge in [0.2, 0.25) is 0 Å². The molecule has 0 bridgehead atoms. The zero-order chi connectivity index (χ0) is 5.86. The highest BCUT2D eigenvalue weighted by Gasteiger charge is 1.90. The van der Waals surface area contributed by atoms with Gasteiger partial charge in [-0.25, -0.2) is 0 Å². The molecule has 0 radical (unpaired) electrons. The molecule has 0 saturated carbocycles. The smallest absolute Gasteiger partial charge is 0.135 e. The number of nitrogens with zero attached hydrogens (tertiary/aromatic N) is 1. The summed E-state index contributed by atoms with van der Waals surface area (Å²) in [6.45, 7) is 0. The largest absolute Gasteiger partial charge is 0.364 e. The van der Waals surface area contributed by atoms with E-state index in [9.17, 15) is 0 Å². The van der Waals surface area contributed by atoms with Gasteiger partial charge >= 0.3 is 0 Å². The molecule has 0 N–H and O–H groups in total. The molecule has 0 aliphatic rings. The Bertz CT molecular complexity index is 70.8. The van der Waals surface area contributed by atoms with E-state index in [2.05, 4.69) is 0 Å². The normalized spacial score (nSPS) is 7.38. The lowest BCUT2D eigenvalue weighted by Gasteiger charge is -2.08. The van der Waals surface area contributed by atoms with Crippen LogP contribution >= 0.6 is 24.0 Å². The van der Waals surface area contributed by atoms with E-state index < -0.39 is 0 Å². The Morgan fingerprint density at radius 1 is 1.50 bits per heavy atom. The average molecular weight is 151 g/mol. The fourth-order valence-corrected chi connectivity index (χ4v) is 0.548. The lowest BCUT2D eigenvalue weighted by Crippen LogP contribution is -2.15. The standard InChI is InChI=1S/C4H9NS2.CH4/c1-5(2)4(6)7-3;/h1-3H3;1H4. The first-order valence-corrected chi connectivity index (χ1v) is 3.57. The van der Waals surface area contributed by atoms with Crippen LogP contribution in [0.4, 0.5) is 0 Å². The van der Waals surface area contributed by atoms with Crippen LogP contribution in [-0.2, 0) is 0 Å². The first kappa shape index (κ1) is 11.1. The third-order valence-electron chi connectivity index (χ3n) is 0.540. The fraction of sp³-hybridized carbons (Fsp3) is 0.800. The van der Waals surface area contributed by atoms with E-state index in [-0.39, 0.29) is 7.43 Å². The van der Waals surface area contributed by atoms with Crippen molar-refractivity contribution >= 4 is 28.3 Å². The summed E-state index contributed by atoms with van der Waals surface area (Å²) in [6.07, 6.45) is 1.97. The number of hydrogen-bond acceptors (Lipinski definition) is 2. The van der Waals surface area contributed by atoms with Gasteiger partial charge in [-0.1, -0.05) is 19.6 Å². The van der Waals surface area contributed by atoms with Crippen LogP contribution in [-0.4, -0.2) is 29.6 Å². The second-order valence-electron chi connectivity index (χ2n) is 1.36. The zero-order valence-corrected chi connectivity index (χ0v) is 6.40. The van der Waals surface area contributed by atoms with Crippen molar-refractivity contribution in [2.24, 2.45) is 0 Å². The molecular formula is C5H13NS2. The van der Waals surface area contributed by atoms with E-state index in [1.165, 1.54) is 0 Å². The number of thioether (sulfide) groups is 1. The first-order valence-electron chi connectivity index (χ1n) is 1.93. The molecule has 3 heteroatoms. The highest BCUT2D eigenvalue weighted by Crippen LogP contribution is 1.98. The Balaban J connectivity index is 0. The van der Waals surface area contributed by atoms with Crippen LogP contribution in [0.1, 0.15) is 7.43 Å². The number of rotatable bonds is 0. The van der Waals surface area contributed by atoms with Crippen molar-refractivity contribution < 1.29 is 0 Å². The van der Waals surface area contributed by atoms with Crippen LogP contribution in [0, 0.1) is 0 Å². The molecule has 0 aromatic rings. The SMILES string of the molecule is C.CSC(=S)N(C)C. The van der Waals surface area contributed by atoms with Gasteiger partial charge in [-0.2, -0.15) is 0 Å². The Labute approximate surface area is 61.4 Å². The Morgan fingerprint density at radius 2 is 1.88 bits per heavy atom. The number of hydrogen-bond donors (Lipinski definition) is 0. The summed E-state index contributed by atoms with van der Waals surface area (Å²) in [5, 5.41) is 0. The Kier molecular flexibility index (Phi) is 7.46. The molecule has 1 nitrogen and oxygen atoms in total. The molecule has 50 valence electrons. The molecule has 0 aromatic heterocycles. The minimum Gasteiger partial charge on any atom is -0.364 e. The highest BCUT2D eigenvalue weighted by atomic mass is 32.2. The maximum atomic E-state index is 4.87. The summed E-state index contributed by atoms with van der Waals surface area (Å²) in [7, 11) is 3.89. The van der Waals surface area contributed by atoms with Gasteiger partial charge in [0.15, 0.2) is 0 Å². The van der Waals surface area contributed by atoms with Gasteiger partial charge in [0.1, 0.15) is 4.32 Å². The maximum Gasteiger partial charge on any atom is 0.135 e. The quantitative estimate of drug-likeness (QED) is 0.486. The second kappa shape index (κ2) is 5.38. The van der Waals surface area contributed by atoms with Crippen LogP contribution in [0.15, 0.2) is 0 Å². The van der Waals surface area contributed by atoms with Crippen molar-refractivity contribution in [3.8, 4) is 0 Å². The Morgan fingerprint density at radius 3 is 1.88 bits per heavy atom. The molecule has 0 aromatic carbocycles. The van der Waals surface area contributed by atoms with E-state index >= 15 is 0 Å². The molecule has 0 fully saturated rings. The summed E-state index contributed by atoms with van der Waals surface area (Å²) >= 11 is 6.46. The van der Waals surface area contributed by atoms with Crippen LogP contribution in [0.25, 0.3) is 0 Å². The molecule has 8 heavy (non-hydrogen) atoms. The van der Waals surface area contributed by atoms with Gasteiger partial charge in [-0.05, 0) is 6.26 Å². The monoisotopic (exact) mass is 151 g/mol. The fourth-order valence-electron chi connectivity index (χ4n) is 0.183. The molecule has 0 atom stereocenters. The lowest BCUT2D eigenvalue weighted by atomic mass is 11.0. The molecule has 0 heterocycles. The van der Waals surface area contributed by atoms with E-state index in [1.807, 2.05) is 25.3 Å². The molecule has 0 saturated heterocycles. The van der Waals surface area contributed by atoms with Crippen LogP contribution < -0.4 is 0 Å². The van der Waals surface area contributed by atoms with Crippen molar-refractivity contribution in [1.29, 1.82) is 0 Å². The van der Waals surface area contributed by atoms with Crippen molar-refractivity contribution in [3.05, 3.63) is 0 Å². The predicted octanol–water partition coefficient (Wildman–Crippen LogP) is 1.83. The van der Waals surface area contributed by atoms with Gasteiger partial charge in [0, 0.05) is 14.1 Å². The van der Waals surface area contributed by atoms with E-state index in [4.69, 9.17) is 12.2 Å². The van der Waals surface area contributed by atoms with Gasteiger partial charge in [0.25, 0.3) is 0 Å². The zero-order valence-electron chi connectivity index (χ0n) is 4.76. The minimum atomic E-state index is 0. The van der Waals surface area contributed by atoms with Crippen molar-refractivity contribution in [3.63, 3.8) is 0 Å². The second-order valence-corrected chi connectivity index (χ2v) is 2.80. The molecule has 0 unspecified atom stereocenters. The van der Waals surface area contributed by atoms with Gasteiger partial charge in [-0.3, -0.25) is 0 Å². The van der Waals surface area contributed by atoms with Gasteiger partial charge < -0.3 is 4.90 Å². The van der Waals surface area contributed by atoms with E-state index in [0.29, 0.717) is 0 Å². The molecule has 0 amide bonds. The maximum absolute atomic E-state index is 4.87. The van der Waals surface area contributed by atoms with Crippen molar-refractivity contribution in [2.75, 3.05) is 20.4 Å². The minimum absolute atomic E-state index is 0. The van der Waals surface area contributed by atoms with Crippen molar-refractivity contribution in [1.82, 2.24) is 4.90 Å². The predicted molar refractivity (Wildman–Crippen MR) is 46.5 cm³/mol. The van der Waals surface area contributed by atoms with Crippen LogP contribution in [0.2, 0.25) is 0 Å². The third kappa shape index (κ3) is 4.40. The number of thiocarbonyl (C=S) groups is 1. The van der Waals surface area contributed by atoms with Crippen LogP contribution in [0.5, 0.6) is 0 Å². The lowest BCUT2D eigenvalue weighted by molar-refractivity contribution is 0.648. The summed E-state index contributed by atoms with van der Waals surface area (Å²) < 4.78 is 0.931. The van der Waals surface area contributed by atoms with Gasteiger partial charge in [-0.15, -0.1) is 11.8 Å². The summed E-state index contributed by atoms with van der Waals surface area (Å²) in [5.74, 6) is 0. The third-order valence-corrected chi connectivity index (χ3v) is 2.12.